The first kappa shape index (κ1) is 22.8. The van der Waals surface area contributed by atoms with Gasteiger partial charge in [-0.3, -0.25) is 13.6 Å². The number of hydrogen-bond acceptors (Lipinski definition) is 6. The van der Waals surface area contributed by atoms with Crippen molar-refractivity contribution in [3.05, 3.63) is 84.4 Å². The van der Waals surface area contributed by atoms with Crippen LogP contribution >= 0.6 is 7.82 Å². The lowest BCUT2D eigenvalue weighted by atomic mass is 10.2. The molecule has 0 unspecified atom stereocenters. The molecule has 29 heavy (non-hydrogen) atoms. The number of phosphoric acid groups is 1. The minimum absolute atomic E-state index is 0.0859. The zero-order valence-corrected chi connectivity index (χ0v) is 17.1. The number of alkyl carbamates (subject to hydrolysis) is 1. The van der Waals surface area contributed by atoms with Crippen LogP contribution in [-0.2, 0) is 36.1 Å². The van der Waals surface area contributed by atoms with Crippen molar-refractivity contribution in [2.75, 3.05) is 19.8 Å². The first-order valence-electron chi connectivity index (χ1n) is 9.24. The smallest absolute Gasteiger partial charge is 0.445 e. The molecule has 0 aromatic heterocycles. The quantitative estimate of drug-likeness (QED) is 0.284. The van der Waals surface area contributed by atoms with Crippen LogP contribution in [0.2, 0.25) is 0 Å². The van der Waals surface area contributed by atoms with Gasteiger partial charge in [-0.2, -0.15) is 0 Å². The Morgan fingerprint density at radius 2 is 1.48 bits per heavy atom. The van der Waals surface area contributed by atoms with E-state index < -0.39 is 13.9 Å². The van der Waals surface area contributed by atoms with E-state index in [1.165, 1.54) is 6.08 Å². The molecule has 0 saturated carbocycles. The average molecular weight is 419 g/mol. The van der Waals surface area contributed by atoms with Gasteiger partial charge in [-0.1, -0.05) is 73.3 Å². The third-order valence-corrected chi connectivity index (χ3v) is 5.03. The summed E-state index contributed by atoms with van der Waals surface area (Å²) in [6.45, 7) is 4.18. The van der Waals surface area contributed by atoms with Gasteiger partial charge in [0.1, 0.15) is 6.61 Å². The fraction of sp³-hybridized carbons (Fsp3) is 0.286. The van der Waals surface area contributed by atoms with Crippen LogP contribution in [0, 0.1) is 0 Å². The molecule has 2 aromatic carbocycles. The predicted octanol–water partition coefficient (Wildman–Crippen LogP) is 4.85. The van der Waals surface area contributed by atoms with E-state index in [2.05, 4.69) is 11.9 Å². The number of phosphoric ester groups is 1. The average Bonchev–Trinajstić information content (AvgIpc) is 2.76. The molecule has 2 aromatic rings. The van der Waals surface area contributed by atoms with E-state index >= 15 is 0 Å². The second kappa shape index (κ2) is 12.9. The topological polar surface area (TPSA) is 83.1 Å². The van der Waals surface area contributed by atoms with Crippen molar-refractivity contribution in [3.63, 3.8) is 0 Å². The van der Waals surface area contributed by atoms with Gasteiger partial charge in [0.15, 0.2) is 0 Å². The number of carbonyl (C=O) groups excluding carboxylic acids is 1. The summed E-state index contributed by atoms with van der Waals surface area (Å²) in [6.07, 6.45) is 1.35. The Morgan fingerprint density at radius 1 is 0.931 bits per heavy atom. The van der Waals surface area contributed by atoms with E-state index in [1.807, 2.05) is 60.7 Å². The molecule has 0 atom stereocenters. The van der Waals surface area contributed by atoms with Crippen LogP contribution < -0.4 is 5.32 Å². The number of benzene rings is 2. The van der Waals surface area contributed by atoms with E-state index in [0.717, 1.165) is 11.1 Å². The van der Waals surface area contributed by atoms with Crippen LogP contribution in [0.25, 0.3) is 0 Å². The zero-order chi connectivity index (χ0) is 20.8. The third-order valence-electron chi connectivity index (χ3n) is 3.64. The summed E-state index contributed by atoms with van der Waals surface area (Å²) in [5, 5.41) is 2.56. The Hall–Kier alpha value is -2.44. The number of ether oxygens (including phenoxy) is 1. The second-order valence-electron chi connectivity index (χ2n) is 5.97. The van der Waals surface area contributed by atoms with Crippen molar-refractivity contribution in [1.29, 1.82) is 0 Å². The molecule has 0 fully saturated rings. The molecule has 8 heteroatoms. The highest BCUT2D eigenvalue weighted by molar-refractivity contribution is 7.48. The summed E-state index contributed by atoms with van der Waals surface area (Å²) >= 11 is 0. The Balaban J connectivity index is 1.83. The van der Waals surface area contributed by atoms with Crippen molar-refractivity contribution >= 4 is 13.9 Å². The molecule has 0 saturated heterocycles. The standard InChI is InChI=1S/C21H26NO6P/c1-2-15-25-21(23)22-14-9-16-26-29(24,27-17-19-10-5-3-6-11-19)28-18-20-12-7-4-8-13-20/h2-8,10-13H,1,9,14-18H2,(H,22,23). The fourth-order valence-electron chi connectivity index (χ4n) is 2.19. The van der Waals surface area contributed by atoms with E-state index in [9.17, 15) is 9.36 Å². The Bertz CT molecular complexity index is 737. The van der Waals surface area contributed by atoms with Gasteiger partial charge in [-0.15, -0.1) is 0 Å². The molecule has 1 amide bonds. The molecule has 0 spiro atoms. The van der Waals surface area contributed by atoms with E-state index in [1.54, 1.807) is 0 Å². The molecule has 1 N–H and O–H groups in total. The molecular formula is C21H26NO6P. The van der Waals surface area contributed by atoms with Gasteiger partial charge in [-0.25, -0.2) is 9.36 Å². The summed E-state index contributed by atoms with van der Waals surface area (Å²) in [6, 6.07) is 18.7. The lowest BCUT2D eigenvalue weighted by molar-refractivity contribution is 0.102. The summed E-state index contributed by atoms with van der Waals surface area (Å²) < 4.78 is 34.3. The van der Waals surface area contributed by atoms with Crippen LogP contribution in [0.4, 0.5) is 4.79 Å². The van der Waals surface area contributed by atoms with E-state index in [-0.39, 0.29) is 26.4 Å². The first-order valence-corrected chi connectivity index (χ1v) is 10.7. The molecule has 2 rings (SSSR count). The van der Waals surface area contributed by atoms with E-state index in [4.69, 9.17) is 18.3 Å². The minimum atomic E-state index is -3.79. The zero-order valence-electron chi connectivity index (χ0n) is 16.2. The molecule has 0 aliphatic rings. The molecule has 0 aliphatic carbocycles. The van der Waals surface area contributed by atoms with Gasteiger partial charge in [0, 0.05) is 6.54 Å². The lowest BCUT2D eigenvalue weighted by Crippen LogP contribution is -2.26. The summed E-state index contributed by atoms with van der Waals surface area (Å²) in [5.74, 6) is 0. The van der Waals surface area contributed by atoms with Crippen LogP contribution in [0.15, 0.2) is 73.3 Å². The Kier molecular flexibility index (Phi) is 10.2. The predicted molar refractivity (Wildman–Crippen MR) is 110 cm³/mol. The minimum Gasteiger partial charge on any atom is -0.445 e. The van der Waals surface area contributed by atoms with Crippen molar-refractivity contribution in [2.45, 2.75) is 19.6 Å². The summed E-state index contributed by atoms with van der Waals surface area (Å²) in [7, 11) is -3.79. The largest absolute Gasteiger partial charge is 0.475 e. The van der Waals surface area contributed by atoms with Crippen LogP contribution in [0.3, 0.4) is 0 Å². The van der Waals surface area contributed by atoms with Crippen molar-refractivity contribution < 1.29 is 27.7 Å². The molecule has 0 heterocycles. The van der Waals surface area contributed by atoms with Crippen molar-refractivity contribution in [1.82, 2.24) is 5.32 Å². The Morgan fingerprint density at radius 3 is 2.00 bits per heavy atom. The van der Waals surface area contributed by atoms with Crippen molar-refractivity contribution in [2.24, 2.45) is 0 Å². The Labute approximate surface area is 171 Å². The van der Waals surface area contributed by atoms with Crippen LogP contribution in [-0.4, -0.2) is 25.9 Å². The van der Waals surface area contributed by atoms with Crippen LogP contribution in [0.1, 0.15) is 17.5 Å². The molecular weight excluding hydrogens is 393 g/mol. The third kappa shape index (κ3) is 9.54. The first-order chi connectivity index (χ1) is 14.1. The SMILES string of the molecule is C=CCOC(=O)NCCCOP(=O)(OCc1ccccc1)OCc1ccccc1. The number of nitrogens with one attached hydrogen (secondary N) is 1. The number of hydrogen-bond donors (Lipinski definition) is 1. The van der Waals surface area contributed by atoms with Gasteiger partial charge in [0.2, 0.25) is 0 Å². The molecule has 0 aliphatic heterocycles. The molecule has 7 nitrogen and oxygen atoms in total. The summed E-state index contributed by atoms with van der Waals surface area (Å²) in [4.78, 5) is 11.4. The van der Waals surface area contributed by atoms with Gasteiger partial charge in [-0.05, 0) is 17.5 Å². The number of rotatable bonds is 13. The fourth-order valence-corrected chi connectivity index (χ4v) is 3.38. The van der Waals surface area contributed by atoms with Crippen molar-refractivity contribution in [3.8, 4) is 0 Å². The highest BCUT2D eigenvalue weighted by Crippen LogP contribution is 2.51. The lowest BCUT2D eigenvalue weighted by Gasteiger charge is -2.18. The summed E-state index contributed by atoms with van der Waals surface area (Å²) in [5.41, 5.74) is 1.71. The molecule has 0 bridgehead atoms. The monoisotopic (exact) mass is 419 g/mol. The van der Waals surface area contributed by atoms with E-state index in [0.29, 0.717) is 13.0 Å². The molecule has 156 valence electrons. The highest BCUT2D eigenvalue weighted by Gasteiger charge is 2.27. The number of amides is 1. The normalized spacial score (nSPS) is 11.0. The van der Waals surface area contributed by atoms with Gasteiger partial charge >= 0.3 is 13.9 Å². The maximum Gasteiger partial charge on any atom is 0.475 e. The van der Waals surface area contributed by atoms with Gasteiger partial charge in [0.05, 0.1) is 19.8 Å². The van der Waals surface area contributed by atoms with Gasteiger partial charge in [0.25, 0.3) is 0 Å². The molecule has 0 radical (unpaired) electrons. The van der Waals surface area contributed by atoms with Crippen LogP contribution in [0.5, 0.6) is 0 Å². The number of carbonyl (C=O) groups is 1. The highest BCUT2D eigenvalue weighted by atomic mass is 31.2. The van der Waals surface area contributed by atoms with Gasteiger partial charge < -0.3 is 10.1 Å². The second-order valence-corrected chi connectivity index (χ2v) is 7.63. The maximum atomic E-state index is 13.0. The maximum absolute atomic E-state index is 13.0.